The number of halogens is 4. The fourth-order valence-electron chi connectivity index (χ4n) is 5.08. The van der Waals surface area contributed by atoms with Gasteiger partial charge in [-0.1, -0.05) is 151 Å². The van der Waals surface area contributed by atoms with Crippen LogP contribution in [-0.4, -0.2) is 88.3 Å². The molecule has 0 radical (unpaired) electrons. The van der Waals surface area contributed by atoms with Crippen molar-refractivity contribution in [3.05, 3.63) is 174 Å². The number of ether oxygens (including phenoxy) is 4. The van der Waals surface area contributed by atoms with Gasteiger partial charge >= 0.3 is 33.6 Å². The third-order valence-corrected chi connectivity index (χ3v) is 10.4. The molecule has 4 N–H and O–H groups in total. The van der Waals surface area contributed by atoms with Gasteiger partial charge < -0.3 is 56.8 Å². The second-order valence-corrected chi connectivity index (χ2v) is 15.9. The number of carbonyl (C=O) groups is 5. The van der Waals surface area contributed by atoms with Crippen LogP contribution < -0.4 is 15.9 Å². The Morgan fingerprint density at radius 3 is 1.36 bits per heavy atom. The summed E-state index contributed by atoms with van der Waals surface area (Å²) in [4.78, 5) is 71.5. The van der Waals surface area contributed by atoms with Crippen LogP contribution in [0.25, 0.3) is 5.57 Å². The number of hydrogen-bond donors (Lipinski definition) is 0. The third kappa shape index (κ3) is 25.2. The molecule has 0 atom stereocenters. The Morgan fingerprint density at radius 1 is 0.600 bits per heavy atom. The Hall–Kier alpha value is -6.48. The van der Waals surface area contributed by atoms with Crippen molar-refractivity contribution in [3.8, 4) is 0 Å². The molecule has 0 amide bonds. The van der Waals surface area contributed by atoms with E-state index in [2.05, 4.69) is 127 Å². The molecule has 0 spiro atoms. The number of rotatable bonds is 11. The number of para-hydroxylation sites is 1. The van der Waals surface area contributed by atoms with Crippen LogP contribution in [0.3, 0.4) is 0 Å². The molecule has 0 aromatic heterocycles. The topological polar surface area (TPSA) is 223 Å². The van der Waals surface area contributed by atoms with Gasteiger partial charge in [0.25, 0.3) is 11.9 Å². The van der Waals surface area contributed by atoms with Gasteiger partial charge in [0.2, 0.25) is 11.8 Å². The number of esters is 4. The van der Waals surface area contributed by atoms with Crippen molar-refractivity contribution in [2.75, 3.05) is 28.4 Å². The summed E-state index contributed by atoms with van der Waals surface area (Å²) in [5.41, 5.74) is 0.930. The van der Waals surface area contributed by atoms with E-state index in [9.17, 15) is 41.2 Å². The maximum Gasteiger partial charge on any atom is 2.00 e. The van der Waals surface area contributed by atoms with Gasteiger partial charge in [-0.15, -0.1) is 0 Å². The van der Waals surface area contributed by atoms with E-state index < -0.39 is 50.2 Å². The number of benzene rings is 5. The number of Topliss-reactive ketones (excluding diaryl/α,β-unsaturated/α-hetero) is 1. The zero-order valence-electron chi connectivity index (χ0n) is 39.2. The van der Waals surface area contributed by atoms with Crippen molar-refractivity contribution >= 4 is 78.2 Å². The first-order chi connectivity index (χ1) is 31.8. The Balaban J connectivity index is 0. The molecule has 0 saturated carbocycles. The zero-order valence-corrected chi connectivity index (χ0v) is 41.7. The normalized spacial score (nSPS) is 12.0. The predicted octanol–water partition coefficient (Wildman–Crippen LogP) is 6.98. The molecule has 1 saturated heterocycles. The molecule has 378 valence electrons. The second kappa shape index (κ2) is 33.9. The van der Waals surface area contributed by atoms with Crippen LogP contribution in [0.2, 0.25) is 0 Å². The van der Waals surface area contributed by atoms with Gasteiger partial charge in [0, 0.05) is 17.1 Å². The molecule has 0 bridgehead atoms. The predicted molar refractivity (Wildman–Crippen MR) is 257 cm³/mol. The van der Waals surface area contributed by atoms with Gasteiger partial charge in [-0.2, -0.15) is 9.78 Å². The molecule has 21 heteroatoms. The molecule has 14 nitrogen and oxygen atoms in total. The van der Waals surface area contributed by atoms with Crippen molar-refractivity contribution in [2.24, 2.45) is 4.99 Å². The van der Waals surface area contributed by atoms with E-state index in [-0.39, 0.29) is 54.1 Å². The molecule has 0 aliphatic carbocycles. The first-order valence-electron chi connectivity index (χ1n) is 19.8. The van der Waals surface area contributed by atoms with Gasteiger partial charge in [0.05, 0.1) is 34.1 Å². The minimum atomic E-state index is -6.00. The Labute approximate surface area is 418 Å². The first-order valence-corrected chi connectivity index (χ1v) is 21.2. The maximum atomic E-state index is 12.4. The van der Waals surface area contributed by atoms with Gasteiger partial charge in [-0.05, 0) is 69.0 Å². The summed E-state index contributed by atoms with van der Waals surface area (Å²) in [6, 6.07) is 48.1. The van der Waals surface area contributed by atoms with Crippen LogP contribution in [0.15, 0.2) is 162 Å². The maximum absolute atomic E-state index is 12.4. The number of carbonyl (C=O) groups excluding carboxylic acids is 5. The van der Waals surface area contributed by atoms with Crippen LogP contribution in [0, 0.1) is 6.08 Å². The zero-order chi connectivity index (χ0) is 50.0. The monoisotopic (exact) mass is 1090 g/mol. The van der Waals surface area contributed by atoms with Gasteiger partial charge in [-0.3, -0.25) is 14.6 Å². The summed E-state index contributed by atoms with van der Waals surface area (Å²) in [6.07, 6.45) is 4.02. The summed E-state index contributed by atoms with van der Waals surface area (Å²) in [5.74, 6) is -4.21. The largest absolute Gasteiger partial charge is 2.00 e. The van der Waals surface area contributed by atoms with Crippen LogP contribution >= 0.6 is 7.92 Å². The van der Waals surface area contributed by atoms with Crippen LogP contribution in [0.1, 0.15) is 38.8 Å². The molecule has 5 aromatic carbocycles. The molecule has 70 heavy (non-hydrogen) atoms. The molecule has 0 unspecified atom stereocenters. The molecular weight excluding hydrogens is 1030 g/mol. The Bertz CT molecular complexity index is 2410. The van der Waals surface area contributed by atoms with Gasteiger partial charge in [0.15, 0.2) is 0 Å². The van der Waals surface area contributed by atoms with Crippen molar-refractivity contribution in [1.82, 2.24) is 0 Å². The number of hydrogen-bond acceptors (Lipinski definition) is 12. The van der Waals surface area contributed by atoms with E-state index in [4.69, 9.17) is 9.73 Å². The Kier molecular flexibility index (Phi) is 31.8. The van der Waals surface area contributed by atoms with Crippen LogP contribution in [0.4, 0.5) is 23.0 Å². The molecule has 5 aromatic rings. The van der Waals surface area contributed by atoms with E-state index in [0.29, 0.717) is 0 Å². The summed E-state index contributed by atoms with van der Waals surface area (Å²) in [5, 5.41) is 3.94. The smallest absolute Gasteiger partial charge is 0.523 e. The van der Waals surface area contributed by atoms with E-state index in [1.807, 2.05) is 38.3 Å². The van der Waals surface area contributed by atoms with Crippen molar-refractivity contribution < 1.29 is 101 Å². The number of methoxy groups -OCH3 is 4. The summed E-state index contributed by atoms with van der Waals surface area (Å²) >= 11 is 0. The van der Waals surface area contributed by atoms with Gasteiger partial charge in [-0.25, -0.2) is 4.79 Å². The average Bonchev–Trinajstić information content (AvgIpc) is 4.03. The number of aliphatic imine (C=N–C) groups is 1. The Morgan fingerprint density at radius 2 is 0.971 bits per heavy atom. The van der Waals surface area contributed by atoms with Crippen molar-refractivity contribution in [1.29, 1.82) is 0 Å². The second-order valence-electron chi connectivity index (χ2n) is 13.7. The minimum Gasteiger partial charge on any atom is -0.523 e. The standard InChI is InChI=1S/C25H20NP.C18H17O8.C3H6O2.C3H6O.BF4.2H2O.Pd/c1-4-12-21(13-5-1)20-26-24-18-10-11-19-25(24)27(22-14-6-2-7-15-22)23-16-8-3-9-17-23;1-23-13(19)10-12(16(20)24-2)15(18(22)26-4)14(17(21)25-3)11-8-6-5-7-9-11;1-3(2)4-5-3;1-3(2)4;2-1(3,4)5;;;/h1-20H;5-9H,1-4H3;1-2H3;1-2H3;;2*1H2;/q;-1;;;-1;;;+2/b;15-14-;;;;;;. The van der Waals surface area contributed by atoms with E-state index >= 15 is 0 Å². The summed E-state index contributed by atoms with van der Waals surface area (Å²) in [7, 11) is -2.41. The quantitative estimate of drug-likeness (QED) is 0.0112. The van der Waals surface area contributed by atoms with E-state index in [1.54, 1.807) is 18.2 Å². The molecule has 1 aliphatic heterocycles. The van der Waals surface area contributed by atoms with Crippen LogP contribution in [-0.2, 0) is 73.1 Å². The molecule has 6 rings (SSSR count). The molecule has 1 heterocycles. The SMILES string of the molecule is C(=Nc1ccccc1P(c1ccccc1)c1ccccc1)c1ccccc1.CC(C)=O.CC1(C)OO1.COC(=O)[C-]=C(C(=O)OC)/C(C(=O)OC)=C(/C(=O)OC)c1ccccc1.F[B-](F)(F)F.O.O.[Pd+2]. The molecule has 1 fully saturated rings. The fourth-order valence-corrected chi connectivity index (χ4v) is 7.47. The van der Waals surface area contributed by atoms with Crippen molar-refractivity contribution in [2.45, 2.75) is 33.5 Å². The average molecular weight is 1090 g/mol. The molecular formula is C49H53BF4NO13PPd. The first kappa shape index (κ1) is 65.6. The van der Waals surface area contributed by atoms with E-state index in [1.165, 1.54) is 41.9 Å². The van der Waals surface area contributed by atoms with Crippen LogP contribution in [0.5, 0.6) is 0 Å². The third-order valence-electron chi connectivity index (χ3n) is 7.86. The van der Waals surface area contributed by atoms with E-state index in [0.717, 1.165) is 39.7 Å². The fraction of sp³-hybridized carbons (Fsp3) is 0.184. The van der Waals surface area contributed by atoms with Gasteiger partial charge in [0.1, 0.15) is 5.78 Å². The van der Waals surface area contributed by atoms with Crippen molar-refractivity contribution in [3.63, 3.8) is 0 Å². The molecule has 1 aliphatic rings. The summed E-state index contributed by atoms with van der Waals surface area (Å²) in [6.45, 7) is 6.76. The minimum absolute atomic E-state index is 0. The number of nitrogens with zero attached hydrogens (tertiary/aromatic N) is 1. The number of ketones is 1. The summed E-state index contributed by atoms with van der Waals surface area (Å²) < 4.78 is 57.4.